The van der Waals surface area contributed by atoms with Crippen molar-refractivity contribution in [3.8, 4) is 5.75 Å². The molecule has 0 aliphatic carbocycles. The molecule has 0 bridgehead atoms. The van der Waals surface area contributed by atoms with Crippen molar-refractivity contribution in [3.05, 3.63) is 39.5 Å². The Morgan fingerprint density at radius 2 is 2.10 bits per heavy atom. The van der Waals surface area contributed by atoms with E-state index in [2.05, 4.69) is 22.6 Å². The number of hydrogen-bond acceptors (Lipinski definition) is 3. The number of aliphatic carboxylic acids is 1. The van der Waals surface area contributed by atoms with Gasteiger partial charge in [0.2, 0.25) is 0 Å². The summed E-state index contributed by atoms with van der Waals surface area (Å²) in [5.41, 5.74) is 0.0363. The van der Waals surface area contributed by atoms with Crippen LogP contribution < -0.4 is 0 Å². The Balaban J connectivity index is 2.80. The second-order valence-corrected chi connectivity index (χ2v) is 6.62. The third kappa shape index (κ3) is 4.79. The Bertz CT molecular complexity index is 509. The molecule has 0 unspecified atom stereocenters. The highest BCUT2D eigenvalue weighted by molar-refractivity contribution is 14.1. The summed E-state index contributed by atoms with van der Waals surface area (Å²) in [5.74, 6) is -0.898. The maximum atomic E-state index is 10.5. The molecule has 0 spiro atoms. The summed E-state index contributed by atoms with van der Waals surface area (Å²) in [6.45, 7) is 3.79. The summed E-state index contributed by atoms with van der Waals surface area (Å²) < 4.78 is 0.941. The fraction of sp³-hybridized carbons (Fsp3) is 0.400. The summed E-state index contributed by atoms with van der Waals surface area (Å²) in [6.07, 6.45) is 3.04. The van der Waals surface area contributed by atoms with Crippen molar-refractivity contribution >= 4 is 28.6 Å². The van der Waals surface area contributed by atoms with E-state index in [9.17, 15) is 15.0 Å². The van der Waals surface area contributed by atoms with E-state index in [4.69, 9.17) is 5.11 Å². The third-order valence-corrected chi connectivity index (χ3v) is 3.91. The van der Waals surface area contributed by atoms with E-state index < -0.39 is 17.5 Å². The molecule has 3 N–H and O–H groups in total. The van der Waals surface area contributed by atoms with Crippen LogP contribution in [-0.4, -0.2) is 21.3 Å². The van der Waals surface area contributed by atoms with Crippen molar-refractivity contribution in [2.24, 2.45) is 5.41 Å². The average Bonchev–Trinajstić information content (AvgIpc) is 2.36. The lowest BCUT2D eigenvalue weighted by molar-refractivity contribution is -0.131. The predicted octanol–water partition coefficient (Wildman–Crippen LogP) is 3.48. The number of phenolic OH excluding ortho intramolecular Hbond substituents is 1. The molecular formula is C15H19IO4. The third-order valence-electron chi connectivity index (χ3n) is 3.24. The van der Waals surface area contributed by atoms with Crippen molar-refractivity contribution in [2.75, 3.05) is 0 Å². The van der Waals surface area contributed by atoms with Crippen molar-refractivity contribution in [1.29, 1.82) is 0 Å². The first-order valence-electron chi connectivity index (χ1n) is 6.30. The number of benzene rings is 1. The standard InChI is InChI=1S/C15H19IO4/c1-15(2,8-4-3-5-13(18)19)14(20)11-9-10(16)6-7-12(11)17/h3,5-7,9,14,17,20H,4,8H2,1-2H3,(H,18,19)/b5-3+/t14-/m1/s1. The Labute approximate surface area is 132 Å². The van der Waals surface area contributed by atoms with E-state index in [0.717, 1.165) is 9.65 Å². The monoisotopic (exact) mass is 390 g/mol. The van der Waals surface area contributed by atoms with Crippen LogP contribution in [0.2, 0.25) is 0 Å². The Hall–Kier alpha value is -1.08. The smallest absolute Gasteiger partial charge is 0.327 e. The molecule has 1 aromatic rings. The molecule has 0 heterocycles. The zero-order valence-corrected chi connectivity index (χ0v) is 13.7. The first-order valence-corrected chi connectivity index (χ1v) is 7.38. The molecule has 0 fully saturated rings. The summed E-state index contributed by atoms with van der Waals surface area (Å²) >= 11 is 2.13. The number of carboxylic acids is 1. The van der Waals surface area contributed by atoms with Gasteiger partial charge >= 0.3 is 5.97 Å². The van der Waals surface area contributed by atoms with Crippen LogP contribution in [-0.2, 0) is 4.79 Å². The number of halogens is 1. The first kappa shape index (κ1) is 17.0. The second-order valence-electron chi connectivity index (χ2n) is 5.37. The van der Waals surface area contributed by atoms with Gasteiger partial charge in [0.05, 0.1) is 6.10 Å². The molecule has 0 aromatic heterocycles. The number of aliphatic hydroxyl groups excluding tert-OH is 1. The minimum Gasteiger partial charge on any atom is -0.508 e. The molecule has 20 heavy (non-hydrogen) atoms. The van der Waals surface area contributed by atoms with E-state index in [0.29, 0.717) is 18.4 Å². The van der Waals surface area contributed by atoms with Crippen molar-refractivity contribution in [3.63, 3.8) is 0 Å². The molecule has 110 valence electrons. The molecule has 0 aliphatic heterocycles. The molecule has 0 saturated carbocycles. The van der Waals surface area contributed by atoms with Gasteiger partial charge in [-0.15, -0.1) is 0 Å². The van der Waals surface area contributed by atoms with Crippen LogP contribution in [0.4, 0.5) is 0 Å². The highest BCUT2D eigenvalue weighted by Gasteiger charge is 2.30. The second kappa shape index (κ2) is 7.08. The van der Waals surface area contributed by atoms with Crippen molar-refractivity contribution < 1.29 is 20.1 Å². The maximum absolute atomic E-state index is 10.5. The largest absolute Gasteiger partial charge is 0.508 e. The minimum atomic E-state index is -0.974. The number of carboxylic acid groups (broad SMARTS) is 1. The van der Waals surface area contributed by atoms with Gasteiger partial charge in [0.15, 0.2) is 0 Å². The zero-order valence-electron chi connectivity index (χ0n) is 11.5. The lowest BCUT2D eigenvalue weighted by Crippen LogP contribution is -2.22. The van der Waals surface area contributed by atoms with Gasteiger partial charge in [0.25, 0.3) is 0 Å². The van der Waals surface area contributed by atoms with Crippen LogP contribution in [0.25, 0.3) is 0 Å². The van der Waals surface area contributed by atoms with E-state index >= 15 is 0 Å². The fourth-order valence-electron chi connectivity index (χ4n) is 1.94. The number of aromatic hydroxyl groups is 1. The van der Waals surface area contributed by atoms with E-state index in [1.54, 1.807) is 24.3 Å². The van der Waals surface area contributed by atoms with Crippen LogP contribution in [0, 0.1) is 8.99 Å². The first-order chi connectivity index (χ1) is 9.24. The molecule has 0 aliphatic rings. The van der Waals surface area contributed by atoms with Crippen molar-refractivity contribution in [1.82, 2.24) is 0 Å². The van der Waals surface area contributed by atoms with Gasteiger partial charge in [0.1, 0.15) is 5.75 Å². The minimum absolute atomic E-state index is 0.0760. The van der Waals surface area contributed by atoms with Crippen LogP contribution in [0.5, 0.6) is 5.75 Å². The van der Waals surface area contributed by atoms with Gasteiger partial charge < -0.3 is 15.3 Å². The molecule has 1 atom stereocenters. The fourth-order valence-corrected chi connectivity index (χ4v) is 2.46. The van der Waals surface area contributed by atoms with E-state index in [1.165, 1.54) is 0 Å². The molecule has 0 saturated heterocycles. The molecule has 5 heteroatoms. The summed E-state index contributed by atoms with van der Waals surface area (Å²) in [6, 6.07) is 5.10. The Kier molecular flexibility index (Phi) is 6.01. The molecule has 1 aromatic carbocycles. The number of allylic oxidation sites excluding steroid dienone is 1. The van der Waals surface area contributed by atoms with Gasteiger partial charge in [-0.1, -0.05) is 19.9 Å². The maximum Gasteiger partial charge on any atom is 0.327 e. The Morgan fingerprint density at radius 1 is 1.45 bits per heavy atom. The molecule has 0 radical (unpaired) electrons. The Morgan fingerprint density at radius 3 is 2.70 bits per heavy atom. The van der Waals surface area contributed by atoms with E-state index in [1.807, 2.05) is 13.8 Å². The number of phenols is 1. The molecular weight excluding hydrogens is 371 g/mol. The van der Waals surface area contributed by atoms with Crippen LogP contribution in [0.1, 0.15) is 38.4 Å². The topological polar surface area (TPSA) is 77.8 Å². The highest BCUT2D eigenvalue weighted by Crippen LogP contribution is 2.41. The average molecular weight is 390 g/mol. The normalized spacial score (nSPS) is 13.6. The quantitative estimate of drug-likeness (QED) is 0.514. The zero-order chi connectivity index (χ0) is 15.3. The van der Waals surface area contributed by atoms with Crippen molar-refractivity contribution in [2.45, 2.75) is 32.8 Å². The molecule has 1 rings (SSSR count). The lowest BCUT2D eigenvalue weighted by Gasteiger charge is -2.31. The summed E-state index contributed by atoms with van der Waals surface area (Å²) in [4.78, 5) is 10.4. The van der Waals surface area contributed by atoms with Gasteiger partial charge in [-0.25, -0.2) is 4.79 Å². The summed E-state index contributed by atoms with van der Waals surface area (Å²) in [7, 11) is 0. The van der Waals surface area contributed by atoms with E-state index in [-0.39, 0.29) is 5.75 Å². The lowest BCUT2D eigenvalue weighted by atomic mass is 9.78. The number of carbonyl (C=O) groups is 1. The molecule has 0 amide bonds. The number of rotatable bonds is 6. The highest BCUT2D eigenvalue weighted by atomic mass is 127. The number of hydrogen-bond donors (Lipinski definition) is 3. The number of aliphatic hydroxyl groups is 1. The predicted molar refractivity (Wildman–Crippen MR) is 85.6 cm³/mol. The van der Waals surface area contributed by atoms with Gasteiger partial charge in [-0.2, -0.15) is 0 Å². The van der Waals surface area contributed by atoms with Gasteiger partial charge in [-0.05, 0) is 59.0 Å². The van der Waals surface area contributed by atoms with Gasteiger partial charge in [0, 0.05) is 15.2 Å². The SMILES string of the molecule is CC(C)(CC/C=C/C(=O)O)[C@H](O)c1cc(I)ccc1O. The summed E-state index contributed by atoms with van der Waals surface area (Å²) in [5, 5.41) is 28.8. The van der Waals surface area contributed by atoms with Crippen LogP contribution in [0.3, 0.4) is 0 Å². The van der Waals surface area contributed by atoms with Crippen LogP contribution >= 0.6 is 22.6 Å². The van der Waals surface area contributed by atoms with Crippen LogP contribution in [0.15, 0.2) is 30.4 Å². The molecule has 4 nitrogen and oxygen atoms in total. The van der Waals surface area contributed by atoms with Gasteiger partial charge in [-0.3, -0.25) is 0 Å².